The van der Waals surface area contributed by atoms with Gasteiger partial charge in [-0.05, 0) is 23.6 Å². The van der Waals surface area contributed by atoms with Gasteiger partial charge >= 0.3 is 0 Å². The molecule has 1 aromatic carbocycles. The number of hydrogen-bond acceptors (Lipinski definition) is 1. The second-order valence-corrected chi connectivity index (χ2v) is 2.58. The van der Waals surface area contributed by atoms with E-state index in [0.29, 0.717) is 4.73 Å². The Kier molecular flexibility index (Phi) is 1.43. The highest BCUT2D eigenvalue weighted by Crippen LogP contribution is 2.12. The Morgan fingerprint density at radius 3 is 2.83 bits per heavy atom. The molecule has 1 heterocycles. The summed E-state index contributed by atoms with van der Waals surface area (Å²) < 4.78 is 13.3. The van der Waals surface area contributed by atoms with E-state index in [2.05, 4.69) is 0 Å². The molecule has 0 radical (unpaired) electrons. The number of pyridine rings is 1. The summed E-state index contributed by atoms with van der Waals surface area (Å²) in [6, 6.07) is 5.90. The van der Waals surface area contributed by atoms with Crippen LogP contribution in [0.15, 0.2) is 36.7 Å². The van der Waals surface area contributed by atoms with E-state index in [0.717, 1.165) is 10.8 Å². The Balaban J connectivity index is 2.79. The average Bonchev–Trinajstić information content (AvgIpc) is 2.05. The molecule has 3 heteroatoms. The molecular weight excluding hydrogens is 157 g/mol. The maximum atomic E-state index is 12.7. The summed E-state index contributed by atoms with van der Waals surface area (Å²) in [6.07, 6.45) is 2.76. The summed E-state index contributed by atoms with van der Waals surface area (Å²) >= 11 is 0. The van der Waals surface area contributed by atoms with Crippen LogP contribution in [0.2, 0.25) is 0 Å². The summed E-state index contributed by atoms with van der Waals surface area (Å²) in [5.74, 6) is -0.286. The highest BCUT2D eigenvalue weighted by Gasteiger charge is 1.98. The fourth-order valence-electron chi connectivity index (χ4n) is 1.14. The molecule has 0 amide bonds. The van der Waals surface area contributed by atoms with Crippen molar-refractivity contribution in [2.45, 2.75) is 0 Å². The molecule has 60 valence electrons. The first-order valence-electron chi connectivity index (χ1n) is 3.54. The highest BCUT2D eigenvalue weighted by atomic mass is 19.1. The van der Waals surface area contributed by atoms with Gasteiger partial charge in [-0.1, -0.05) is 0 Å². The number of halogens is 1. The van der Waals surface area contributed by atoms with Crippen LogP contribution in [0.25, 0.3) is 10.8 Å². The van der Waals surface area contributed by atoms with E-state index in [9.17, 15) is 9.60 Å². The van der Waals surface area contributed by atoms with Gasteiger partial charge in [0.05, 0.1) is 0 Å². The molecule has 0 atom stereocenters. The normalized spacial score (nSPS) is 10.4. The van der Waals surface area contributed by atoms with E-state index in [4.69, 9.17) is 0 Å². The van der Waals surface area contributed by atoms with Crippen LogP contribution in [0.4, 0.5) is 4.39 Å². The Labute approximate surface area is 68.5 Å². The Morgan fingerprint density at radius 2 is 2.00 bits per heavy atom. The van der Waals surface area contributed by atoms with Gasteiger partial charge in [0.1, 0.15) is 5.82 Å². The average molecular weight is 163 g/mol. The summed E-state index contributed by atoms with van der Waals surface area (Å²) in [5.41, 5.74) is 0. The first kappa shape index (κ1) is 7.03. The molecule has 0 unspecified atom stereocenters. The largest absolute Gasteiger partial charge is 0.619 e. The molecule has 0 spiro atoms. The van der Waals surface area contributed by atoms with Crippen LogP contribution in [0.1, 0.15) is 0 Å². The third-order valence-electron chi connectivity index (χ3n) is 1.72. The highest BCUT2D eigenvalue weighted by molar-refractivity contribution is 5.80. The summed E-state index contributed by atoms with van der Waals surface area (Å²) in [7, 11) is 0. The zero-order valence-corrected chi connectivity index (χ0v) is 6.20. The van der Waals surface area contributed by atoms with Crippen molar-refractivity contribution in [3.05, 3.63) is 47.7 Å². The molecular formula is C9H6FNO. The van der Waals surface area contributed by atoms with Gasteiger partial charge in [0.25, 0.3) is 0 Å². The molecule has 0 bridgehead atoms. The second kappa shape index (κ2) is 2.44. The number of nitrogens with zero attached hydrogens (tertiary/aromatic N) is 1. The third kappa shape index (κ3) is 1.09. The summed E-state index contributed by atoms with van der Waals surface area (Å²) in [6.45, 7) is 0. The summed E-state index contributed by atoms with van der Waals surface area (Å²) in [5, 5.41) is 12.3. The van der Waals surface area contributed by atoms with Crippen LogP contribution in [-0.2, 0) is 0 Å². The topological polar surface area (TPSA) is 26.9 Å². The smallest absolute Gasteiger partial charge is 0.188 e. The molecule has 2 rings (SSSR count). The molecule has 0 aliphatic heterocycles. The molecule has 2 nitrogen and oxygen atoms in total. The lowest BCUT2D eigenvalue weighted by Gasteiger charge is -1.97. The van der Waals surface area contributed by atoms with Crippen molar-refractivity contribution in [3.8, 4) is 0 Å². The van der Waals surface area contributed by atoms with Crippen molar-refractivity contribution in [1.82, 2.24) is 0 Å². The minimum Gasteiger partial charge on any atom is -0.619 e. The number of rotatable bonds is 0. The van der Waals surface area contributed by atoms with E-state index >= 15 is 0 Å². The van der Waals surface area contributed by atoms with Crippen molar-refractivity contribution < 1.29 is 9.12 Å². The maximum absolute atomic E-state index is 12.7. The predicted molar refractivity (Wildman–Crippen MR) is 42.9 cm³/mol. The standard InChI is InChI=1S/C9H6FNO/c10-9-2-1-8-6-11(12)4-3-7(8)5-9/h1-6H. The lowest BCUT2D eigenvalue weighted by atomic mass is 10.2. The molecule has 1 aromatic heterocycles. The van der Waals surface area contributed by atoms with Gasteiger partial charge < -0.3 is 5.21 Å². The van der Waals surface area contributed by atoms with Crippen LogP contribution in [-0.4, -0.2) is 0 Å². The van der Waals surface area contributed by atoms with Gasteiger partial charge in [-0.2, -0.15) is 4.73 Å². The van der Waals surface area contributed by atoms with Crippen LogP contribution >= 0.6 is 0 Å². The fraction of sp³-hybridized carbons (Fsp3) is 0. The van der Waals surface area contributed by atoms with Gasteiger partial charge in [0.15, 0.2) is 12.4 Å². The van der Waals surface area contributed by atoms with E-state index in [1.807, 2.05) is 0 Å². The van der Waals surface area contributed by atoms with Gasteiger partial charge in [0, 0.05) is 11.5 Å². The molecule has 0 saturated carbocycles. The minimum atomic E-state index is -0.286. The van der Waals surface area contributed by atoms with E-state index < -0.39 is 0 Å². The maximum Gasteiger partial charge on any atom is 0.188 e. The van der Waals surface area contributed by atoms with Crippen LogP contribution in [0.5, 0.6) is 0 Å². The number of fused-ring (bicyclic) bond motifs is 1. The first-order chi connectivity index (χ1) is 5.75. The van der Waals surface area contributed by atoms with Crippen molar-refractivity contribution >= 4 is 10.8 Å². The van der Waals surface area contributed by atoms with Crippen molar-refractivity contribution in [3.63, 3.8) is 0 Å². The lowest BCUT2D eigenvalue weighted by Crippen LogP contribution is -2.23. The van der Waals surface area contributed by atoms with Crippen molar-refractivity contribution in [1.29, 1.82) is 0 Å². The van der Waals surface area contributed by atoms with Gasteiger partial charge in [0.2, 0.25) is 0 Å². The van der Waals surface area contributed by atoms with Crippen LogP contribution in [0, 0.1) is 11.0 Å². The minimum absolute atomic E-state index is 0.286. The molecule has 0 aliphatic rings. The Bertz CT molecular complexity index is 387. The van der Waals surface area contributed by atoms with E-state index in [1.54, 1.807) is 12.1 Å². The van der Waals surface area contributed by atoms with Crippen molar-refractivity contribution in [2.75, 3.05) is 0 Å². The molecule has 0 N–H and O–H groups in total. The zero-order chi connectivity index (χ0) is 8.55. The predicted octanol–water partition coefficient (Wildman–Crippen LogP) is 1.61. The molecule has 0 fully saturated rings. The SMILES string of the molecule is [O-][n+]1ccc2cc(F)ccc2c1. The van der Waals surface area contributed by atoms with E-state index in [-0.39, 0.29) is 5.82 Å². The molecule has 12 heavy (non-hydrogen) atoms. The summed E-state index contributed by atoms with van der Waals surface area (Å²) in [4.78, 5) is 0. The molecule has 2 aromatic rings. The zero-order valence-electron chi connectivity index (χ0n) is 6.20. The fourth-order valence-corrected chi connectivity index (χ4v) is 1.14. The number of aromatic nitrogens is 1. The Hall–Kier alpha value is -1.64. The molecule has 0 saturated heterocycles. The second-order valence-electron chi connectivity index (χ2n) is 2.58. The monoisotopic (exact) mass is 163 g/mol. The van der Waals surface area contributed by atoms with Gasteiger partial charge in [-0.15, -0.1) is 0 Å². The van der Waals surface area contributed by atoms with Crippen molar-refractivity contribution in [2.24, 2.45) is 0 Å². The number of hydrogen-bond donors (Lipinski definition) is 0. The Morgan fingerprint density at radius 1 is 1.17 bits per heavy atom. The van der Waals surface area contributed by atoms with Crippen LogP contribution < -0.4 is 4.73 Å². The lowest BCUT2D eigenvalue weighted by molar-refractivity contribution is -0.603. The van der Waals surface area contributed by atoms with Gasteiger partial charge in [-0.25, -0.2) is 4.39 Å². The van der Waals surface area contributed by atoms with Crippen LogP contribution in [0.3, 0.4) is 0 Å². The quantitative estimate of drug-likeness (QED) is 0.428. The first-order valence-corrected chi connectivity index (χ1v) is 3.54. The van der Waals surface area contributed by atoms with Gasteiger partial charge in [-0.3, -0.25) is 0 Å². The van der Waals surface area contributed by atoms with E-state index in [1.165, 1.54) is 24.5 Å². The third-order valence-corrected chi connectivity index (χ3v) is 1.72. The molecule has 0 aliphatic carbocycles. The number of benzene rings is 1.